The lowest BCUT2D eigenvalue weighted by Crippen LogP contribution is -2.23. The van der Waals surface area contributed by atoms with Crippen LogP contribution in [0.3, 0.4) is 0 Å². The maximum atomic E-state index is 13.0. The van der Waals surface area contributed by atoms with E-state index in [-0.39, 0.29) is 29.1 Å². The molecule has 4 rings (SSSR count). The summed E-state index contributed by atoms with van der Waals surface area (Å²) < 4.78 is 18.7. The maximum absolute atomic E-state index is 13.0. The molecule has 2 aromatic carbocycles. The zero-order valence-corrected chi connectivity index (χ0v) is 14.7. The molecule has 1 aliphatic heterocycles. The number of halogens is 1. The Morgan fingerprint density at radius 3 is 2.82 bits per heavy atom. The fraction of sp³-hybridized carbons (Fsp3) is 0.0952. The number of hydrogen-bond donors (Lipinski definition) is 2. The minimum atomic E-state index is -0.377. The van der Waals surface area contributed by atoms with E-state index in [1.54, 1.807) is 12.1 Å². The van der Waals surface area contributed by atoms with Gasteiger partial charge in [-0.3, -0.25) is 9.59 Å². The lowest BCUT2D eigenvalue weighted by atomic mass is 10.1. The number of aromatic nitrogens is 1. The number of anilines is 1. The quantitative estimate of drug-likeness (QED) is 0.714. The molecule has 2 N–H and O–H groups in total. The molecule has 1 aromatic heterocycles. The summed E-state index contributed by atoms with van der Waals surface area (Å²) in [6.07, 6.45) is 1.86. The molecule has 140 valence electrons. The summed E-state index contributed by atoms with van der Waals surface area (Å²) in [6, 6.07) is 14.3. The SMILES string of the molecule is O=C1Cc2cc(CNC(=O)c3cccnc3Oc3ccc(F)cc3)ccc2N1. The van der Waals surface area contributed by atoms with Crippen molar-refractivity contribution in [2.75, 3.05) is 5.32 Å². The van der Waals surface area contributed by atoms with Gasteiger partial charge in [0, 0.05) is 18.4 Å². The van der Waals surface area contributed by atoms with Gasteiger partial charge in [-0.2, -0.15) is 0 Å². The van der Waals surface area contributed by atoms with Gasteiger partial charge in [-0.1, -0.05) is 12.1 Å². The summed E-state index contributed by atoms with van der Waals surface area (Å²) >= 11 is 0. The van der Waals surface area contributed by atoms with Crippen LogP contribution in [0.1, 0.15) is 21.5 Å². The molecule has 2 heterocycles. The van der Waals surface area contributed by atoms with Crippen molar-refractivity contribution in [3.8, 4) is 11.6 Å². The maximum Gasteiger partial charge on any atom is 0.257 e. The smallest absolute Gasteiger partial charge is 0.257 e. The second-order valence-corrected chi connectivity index (χ2v) is 6.31. The van der Waals surface area contributed by atoms with E-state index in [4.69, 9.17) is 4.74 Å². The third-order valence-corrected chi connectivity index (χ3v) is 4.29. The molecule has 0 atom stereocenters. The Hall–Kier alpha value is -3.74. The molecule has 0 aliphatic carbocycles. The number of nitrogens with zero attached hydrogens (tertiary/aromatic N) is 1. The van der Waals surface area contributed by atoms with E-state index in [9.17, 15) is 14.0 Å². The fourth-order valence-corrected chi connectivity index (χ4v) is 2.93. The molecule has 28 heavy (non-hydrogen) atoms. The highest BCUT2D eigenvalue weighted by atomic mass is 19.1. The van der Waals surface area contributed by atoms with Crippen molar-refractivity contribution in [1.29, 1.82) is 0 Å². The summed E-state index contributed by atoms with van der Waals surface area (Å²) in [4.78, 5) is 28.2. The van der Waals surface area contributed by atoms with E-state index in [1.807, 2.05) is 18.2 Å². The molecule has 0 bridgehead atoms. The highest BCUT2D eigenvalue weighted by Gasteiger charge is 2.18. The Morgan fingerprint density at radius 2 is 2.00 bits per heavy atom. The summed E-state index contributed by atoms with van der Waals surface area (Å²) in [5.41, 5.74) is 2.87. The Labute approximate surface area is 160 Å². The van der Waals surface area contributed by atoms with Crippen LogP contribution >= 0.6 is 0 Å². The van der Waals surface area contributed by atoms with Crippen molar-refractivity contribution in [3.63, 3.8) is 0 Å². The average molecular weight is 377 g/mol. The van der Waals surface area contributed by atoms with Crippen LogP contribution in [0, 0.1) is 5.82 Å². The van der Waals surface area contributed by atoms with E-state index < -0.39 is 0 Å². The van der Waals surface area contributed by atoms with Crippen LogP contribution < -0.4 is 15.4 Å². The van der Waals surface area contributed by atoms with Gasteiger partial charge >= 0.3 is 0 Å². The predicted molar refractivity (Wildman–Crippen MR) is 101 cm³/mol. The van der Waals surface area contributed by atoms with Gasteiger partial charge in [-0.25, -0.2) is 9.37 Å². The lowest BCUT2D eigenvalue weighted by Gasteiger charge is -2.11. The Morgan fingerprint density at radius 1 is 1.18 bits per heavy atom. The lowest BCUT2D eigenvalue weighted by molar-refractivity contribution is -0.115. The normalized spacial score (nSPS) is 12.2. The Kier molecular flexibility index (Phi) is 4.72. The minimum Gasteiger partial charge on any atom is -0.438 e. The third kappa shape index (κ3) is 3.83. The van der Waals surface area contributed by atoms with E-state index in [0.717, 1.165) is 16.8 Å². The molecule has 0 radical (unpaired) electrons. The first-order valence-electron chi connectivity index (χ1n) is 8.67. The van der Waals surface area contributed by atoms with Crippen LogP contribution in [0.15, 0.2) is 60.8 Å². The Bertz CT molecular complexity index is 1050. The molecule has 2 amide bonds. The number of rotatable bonds is 5. The Balaban J connectivity index is 1.46. The van der Waals surface area contributed by atoms with E-state index >= 15 is 0 Å². The topological polar surface area (TPSA) is 80.3 Å². The first-order valence-corrected chi connectivity index (χ1v) is 8.67. The number of ether oxygens (including phenoxy) is 1. The van der Waals surface area contributed by atoms with Crippen molar-refractivity contribution in [1.82, 2.24) is 10.3 Å². The van der Waals surface area contributed by atoms with Gasteiger partial charge in [-0.05, 0) is 53.6 Å². The number of benzene rings is 2. The van der Waals surface area contributed by atoms with Gasteiger partial charge in [0.25, 0.3) is 5.91 Å². The number of amides is 2. The molecule has 0 spiro atoms. The summed E-state index contributed by atoms with van der Waals surface area (Å²) in [5.74, 6) is -0.244. The number of pyridine rings is 1. The van der Waals surface area contributed by atoms with Crippen LogP contribution in [0.25, 0.3) is 0 Å². The second-order valence-electron chi connectivity index (χ2n) is 6.31. The van der Waals surface area contributed by atoms with Crippen LogP contribution in [-0.2, 0) is 17.8 Å². The first-order chi connectivity index (χ1) is 13.6. The second kappa shape index (κ2) is 7.48. The highest BCUT2D eigenvalue weighted by molar-refractivity contribution is 5.99. The van der Waals surface area contributed by atoms with Crippen molar-refractivity contribution in [2.24, 2.45) is 0 Å². The highest BCUT2D eigenvalue weighted by Crippen LogP contribution is 2.25. The van der Waals surface area contributed by atoms with Gasteiger partial charge in [0.1, 0.15) is 17.1 Å². The molecule has 3 aromatic rings. The molecule has 0 saturated heterocycles. The average Bonchev–Trinajstić information content (AvgIpc) is 3.07. The van der Waals surface area contributed by atoms with Crippen LogP contribution in [0.4, 0.5) is 10.1 Å². The van der Waals surface area contributed by atoms with Crippen molar-refractivity contribution in [2.45, 2.75) is 13.0 Å². The number of hydrogen-bond acceptors (Lipinski definition) is 4. The standard InChI is InChI=1S/C21H16FN3O3/c22-15-4-6-16(7-5-15)28-21-17(2-1-9-23-21)20(27)24-12-13-3-8-18-14(10-13)11-19(26)25-18/h1-10H,11-12H2,(H,24,27)(H,25,26). The molecule has 0 unspecified atom stereocenters. The summed E-state index contributed by atoms with van der Waals surface area (Å²) in [6.45, 7) is 0.297. The molecule has 7 heteroatoms. The first kappa shape index (κ1) is 17.7. The van der Waals surface area contributed by atoms with Crippen LogP contribution in [-0.4, -0.2) is 16.8 Å². The number of carbonyl (C=O) groups is 2. The monoisotopic (exact) mass is 377 g/mol. The van der Waals surface area contributed by atoms with Gasteiger partial charge in [0.15, 0.2) is 0 Å². The molecule has 0 fully saturated rings. The molecule has 1 aliphatic rings. The van der Waals surface area contributed by atoms with Gasteiger partial charge in [-0.15, -0.1) is 0 Å². The molecular weight excluding hydrogens is 361 g/mol. The molecule has 0 saturated carbocycles. The minimum absolute atomic E-state index is 0.0332. The van der Waals surface area contributed by atoms with Gasteiger partial charge < -0.3 is 15.4 Å². The van der Waals surface area contributed by atoms with Gasteiger partial charge in [0.2, 0.25) is 11.8 Å². The number of fused-ring (bicyclic) bond motifs is 1. The fourth-order valence-electron chi connectivity index (χ4n) is 2.93. The number of carbonyl (C=O) groups excluding carboxylic acids is 2. The van der Waals surface area contributed by atoms with E-state index in [1.165, 1.54) is 30.5 Å². The summed E-state index contributed by atoms with van der Waals surface area (Å²) in [7, 11) is 0. The van der Waals surface area contributed by atoms with Crippen molar-refractivity contribution >= 4 is 17.5 Å². The molecule has 6 nitrogen and oxygen atoms in total. The zero-order chi connectivity index (χ0) is 19.5. The molecular formula is C21H16FN3O3. The van der Waals surface area contributed by atoms with Gasteiger partial charge in [0.05, 0.1) is 6.42 Å². The summed E-state index contributed by atoms with van der Waals surface area (Å²) in [5, 5.41) is 5.60. The third-order valence-electron chi connectivity index (χ3n) is 4.29. The number of nitrogens with one attached hydrogen (secondary N) is 2. The largest absolute Gasteiger partial charge is 0.438 e. The van der Waals surface area contributed by atoms with E-state index in [2.05, 4.69) is 15.6 Å². The zero-order valence-electron chi connectivity index (χ0n) is 14.7. The van der Waals surface area contributed by atoms with Crippen molar-refractivity contribution in [3.05, 3.63) is 83.3 Å². The van der Waals surface area contributed by atoms with Crippen molar-refractivity contribution < 1.29 is 18.7 Å². The van der Waals surface area contributed by atoms with Crippen LogP contribution in [0.5, 0.6) is 11.6 Å². The predicted octanol–water partition coefficient (Wildman–Crippen LogP) is 3.44. The van der Waals surface area contributed by atoms with Crippen LogP contribution in [0.2, 0.25) is 0 Å². The van der Waals surface area contributed by atoms with E-state index in [0.29, 0.717) is 18.7 Å².